The zero-order chi connectivity index (χ0) is 19.7. The van der Waals surface area contributed by atoms with Crippen LogP contribution in [0.25, 0.3) is 10.1 Å². The van der Waals surface area contributed by atoms with Gasteiger partial charge in [-0.05, 0) is 37.3 Å². The quantitative estimate of drug-likeness (QED) is 0.511. The van der Waals surface area contributed by atoms with Gasteiger partial charge in [-0.25, -0.2) is 4.98 Å². The molecule has 0 radical (unpaired) electrons. The van der Waals surface area contributed by atoms with Crippen LogP contribution in [0.2, 0.25) is 0 Å². The molecule has 4 aromatic rings. The fourth-order valence-corrected chi connectivity index (χ4v) is 3.96. The Morgan fingerprint density at radius 1 is 1.32 bits per heavy atom. The zero-order valence-electron chi connectivity index (χ0n) is 15.3. The highest BCUT2D eigenvalue weighted by atomic mass is 32.1. The Bertz CT molecular complexity index is 1170. The number of halogens is 1. The Kier molecular flexibility index (Phi) is 4.79. The van der Waals surface area contributed by atoms with Gasteiger partial charge in [-0.15, -0.1) is 11.3 Å². The van der Waals surface area contributed by atoms with E-state index in [0.717, 1.165) is 15.0 Å². The molecule has 0 spiro atoms. The Labute approximate surface area is 164 Å². The average Bonchev–Trinajstić information content (AvgIpc) is 3.22. The van der Waals surface area contributed by atoms with Crippen molar-refractivity contribution in [3.8, 4) is 5.75 Å². The van der Waals surface area contributed by atoms with Crippen molar-refractivity contribution in [1.82, 2.24) is 14.8 Å². The smallest absolute Gasteiger partial charge is 0.258 e. The number of ether oxygens (including phenoxy) is 1. The third-order valence-electron chi connectivity index (χ3n) is 4.25. The van der Waals surface area contributed by atoms with E-state index in [-0.39, 0.29) is 12.5 Å². The van der Waals surface area contributed by atoms with E-state index in [1.54, 1.807) is 42.2 Å². The molecule has 0 bridgehead atoms. The second kappa shape index (κ2) is 7.40. The van der Waals surface area contributed by atoms with Gasteiger partial charge in [0.1, 0.15) is 12.4 Å². The second-order valence-corrected chi connectivity index (χ2v) is 7.52. The van der Waals surface area contributed by atoms with Gasteiger partial charge in [0, 0.05) is 46.0 Å². The minimum atomic E-state index is -0.551. The first-order chi connectivity index (χ1) is 13.5. The lowest BCUT2D eigenvalue weighted by atomic mass is 10.1. The van der Waals surface area contributed by atoms with E-state index in [4.69, 9.17) is 4.74 Å². The minimum Gasteiger partial charge on any atom is -0.489 e. The van der Waals surface area contributed by atoms with Crippen LogP contribution >= 0.6 is 11.3 Å². The summed E-state index contributed by atoms with van der Waals surface area (Å²) in [6, 6.07) is 10.5. The Balaban J connectivity index is 1.60. The largest absolute Gasteiger partial charge is 0.489 e. The van der Waals surface area contributed by atoms with Crippen molar-refractivity contribution < 1.29 is 13.9 Å². The third kappa shape index (κ3) is 3.59. The number of aromatic nitrogens is 3. The van der Waals surface area contributed by atoms with Gasteiger partial charge in [0.15, 0.2) is 5.82 Å². The Hall–Kier alpha value is -3.26. The van der Waals surface area contributed by atoms with Crippen molar-refractivity contribution in [1.29, 1.82) is 0 Å². The minimum absolute atomic E-state index is 0.0593. The number of amides is 1. The van der Waals surface area contributed by atoms with Crippen LogP contribution in [-0.4, -0.2) is 20.7 Å². The summed E-state index contributed by atoms with van der Waals surface area (Å²) in [5.74, 6) is 0.273. The molecular weight excluding hydrogens is 379 g/mol. The summed E-state index contributed by atoms with van der Waals surface area (Å²) in [6.45, 7) is 1.97. The molecule has 0 fully saturated rings. The van der Waals surface area contributed by atoms with Crippen molar-refractivity contribution in [3.05, 3.63) is 70.7 Å². The number of nitrogens with one attached hydrogen (secondary N) is 1. The summed E-state index contributed by atoms with van der Waals surface area (Å²) < 4.78 is 22.0. The van der Waals surface area contributed by atoms with Crippen molar-refractivity contribution in [2.75, 3.05) is 5.32 Å². The van der Waals surface area contributed by atoms with Gasteiger partial charge in [-0.3, -0.25) is 9.48 Å². The number of fused-ring (bicyclic) bond motifs is 1. The van der Waals surface area contributed by atoms with Crippen LogP contribution < -0.4 is 10.1 Å². The lowest BCUT2D eigenvalue weighted by Crippen LogP contribution is -2.13. The number of thiophene rings is 1. The number of rotatable bonds is 5. The third-order valence-corrected chi connectivity index (χ3v) is 5.33. The normalized spacial score (nSPS) is 11.0. The molecule has 1 N–H and O–H groups in total. The zero-order valence-corrected chi connectivity index (χ0v) is 16.1. The first-order valence-corrected chi connectivity index (χ1v) is 9.39. The van der Waals surface area contributed by atoms with Crippen LogP contribution in [0.3, 0.4) is 0 Å². The summed E-state index contributed by atoms with van der Waals surface area (Å²) in [5.41, 5.74) is 0.959. The van der Waals surface area contributed by atoms with Crippen LogP contribution in [-0.2, 0) is 13.7 Å². The molecule has 0 atom stereocenters. The number of nitrogens with zero attached hydrogens (tertiary/aromatic N) is 3. The molecule has 0 aliphatic rings. The molecule has 142 valence electrons. The number of carbonyl (C=O) groups is 1. The Morgan fingerprint density at radius 3 is 2.93 bits per heavy atom. The number of benzene rings is 1. The molecular formula is C20H17FN4O2S. The molecule has 0 unspecified atom stereocenters. The fourth-order valence-electron chi connectivity index (χ4n) is 2.92. The van der Waals surface area contributed by atoms with Crippen LogP contribution in [0.4, 0.5) is 10.2 Å². The van der Waals surface area contributed by atoms with Gasteiger partial charge in [-0.1, -0.05) is 0 Å². The van der Waals surface area contributed by atoms with Crippen molar-refractivity contribution >= 4 is 33.1 Å². The molecule has 0 aliphatic carbocycles. The number of anilines is 1. The van der Waals surface area contributed by atoms with Crippen molar-refractivity contribution in [2.45, 2.75) is 13.5 Å². The molecule has 4 rings (SSSR count). The highest BCUT2D eigenvalue weighted by Gasteiger charge is 2.18. The van der Waals surface area contributed by atoms with Crippen molar-refractivity contribution in [2.24, 2.45) is 7.05 Å². The van der Waals surface area contributed by atoms with E-state index in [0.29, 0.717) is 22.7 Å². The highest BCUT2D eigenvalue weighted by Crippen LogP contribution is 2.34. The number of pyridine rings is 1. The maximum Gasteiger partial charge on any atom is 0.258 e. The molecule has 28 heavy (non-hydrogen) atoms. The molecule has 0 aliphatic heterocycles. The topological polar surface area (TPSA) is 69.0 Å². The van der Waals surface area contributed by atoms with Gasteiger partial charge < -0.3 is 10.1 Å². The molecule has 1 aromatic carbocycles. The van der Waals surface area contributed by atoms with Gasteiger partial charge in [-0.2, -0.15) is 9.49 Å². The molecule has 3 aromatic heterocycles. The van der Waals surface area contributed by atoms with Crippen molar-refractivity contribution in [3.63, 3.8) is 0 Å². The van der Waals surface area contributed by atoms with E-state index in [2.05, 4.69) is 15.4 Å². The Morgan fingerprint density at radius 2 is 2.18 bits per heavy atom. The van der Waals surface area contributed by atoms with E-state index >= 15 is 0 Å². The summed E-state index contributed by atoms with van der Waals surface area (Å²) in [5, 5.41) is 7.79. The molecule has 1 amide bonds. The molecule has 8 heteroatoms. The van der Waals surface area contributed by atoms with Gasteiger partial charge in [0.05, 0.1) is 5.56 Å². The maximum absolute atomic E-state index is 13.7. The van der Waals surface area contributed by atoms with Gasteiger partial charge in [0.25, 0.3) is 5.91 Å². The SMILES string of the molecule is Cc1sc2ccc(OCc3cccnc3F)cc2c1C(=O)Nc1ccn(C)n1. The lowest BCUT2D eigenvalue weighted by molar-refractivity contribution is 0.102. The predicted molar refractivity (Wildman–Crippen MR) is 106 cm³/mol. The average molecular weight is 396 g/mol. The monoisotopic (exact) mass is 396 g/mol. The summed E-state index contributed by atoms with van der Waals surface area (Å²) in [7, 11) is 1.79. The first kappa shape index (κ1) is 18.1. The molecule has 0 saturated carbocycles. The van der Waals surface area contributed by atoms with Crippen LogP contribution in [0.15, 0.2) is 48.8 Å². The van der Waals surface area contributed by atoms with Gasteiger partial charge >= 0.3 is 0 Å². The predicted octanol–water partition coefficient (Wildman–Crippen LogP) is 4.31. The summed E-state index contributed by atoms with van der Waals surface area (Å²) >= 11 is 1.54. The standard InChI is InChI=1S/C20H17FN4O2S/c1-12-18(20(26)23-17-7-9-25(2)24-17)15-10-14(5-6-16(15)28-12)27-11-13-4-3-8-22-19(13)21/h3-10H,11H2,1-2H3,(H,23,24,26). The molecule has 3 heterocycles. The van der Waals surface area contributed by atoms with E-state index in [9.17, 15) is 9.18 Å². The number of hydrogen-bond donors (Lipinski definition) is 1. The van der Waals surface area contributed by atoms with Gasteiger partial charge in [0.2, 0.25) is 5.95 Å². The highest BCUT2D eigenvalue weighted by molar-refractivity contribution is 7.19. The van der Waals surface area contributed by atoms with E-state index < -0.39 is 5.95 Å². The summed E-state index contributed by atoms with van der Waals surface area (Å²) in [6.07, 6.45) is 3.16. The van der Waals surface area contributed by atoms with E-state index in [1.807, 2.05) is 19.1 Å². The molecule has 6 nitrogen and oxygen atoms in total. The van der Waals surface area contributed by atoms with Crippen LogP contribution in [0.5, 0.6) is 5.75 Å². The first-order valence-electron chi connectivity index (χ1n) is 8.57. The lowest BCUT2D eigenvalue weighted by Gasteiger charge is -2.08. The van der Waals surface area contributed by atoms with Crippen LogP contribution in [0.1, 0.15) is 20.8 Å². The maximum atomic E-state index is 13.7. The van der Waals surface area contributed by atoms with Crippen LogP contribution in [0, 0.1) is 12.9 Å². The number of carbonyl (C=O) groups excluding carboxylic acids is 1. The second-order valence-electron chi connectivity index (χ2n) is 6.26. The number of hydrogen-bond acceptors (Lipinski definition) is 5. The van der Waals surface area contributed by atoms with E-state index in [1.165, 1.54) is 17.5 Å². The fraction of sp³-hybridized carbons (Fsp3) is 0.150. The molecule has 0 saturated heterocycles. The summed E-state index contributed by atoms with van der Waals surface area (Å²) in [4.78, 5) is 17.3. The number of aryl methyl sites for hydroxylation is 2.